The maximum Gasteiger partial charge on any atom is 0.248 e. The van der Waals surface area contributed by atoms with Crippen LogP contribution in [0.3, 0.4) is 0 Å². The number of nitrogens with one attached hydrogen (secondary N) is 1. The molecule has 0 saturated carbocycles. The van der Waals surface area contributed by atoms with Crippen molar-refractivity contribution in [1.82, 2.24) is 20.2 Å². The second kappa shape index (κ2) is 6.27. The molecule has 2 heterocycles. The molecular weight excluding hydrogens is 318 g/mol. The molecule has 1 aromatic heterocycles. The van der Waals surface area contributed by atoms with Crippen molar-refractivity contribution >= 4 is 11.6 Å². The largest absolute Gasteiger partial charge is 0.497 e. The fraction of sp³-hybridized carbons (Fsp3) is 0.167. The molecule has 0 fully saturated rings. The second-order valence-electron chi connectivity index (χ2n) is 5.57. The van der Waals surface area contributed by atoms with E-state index in [1.807, 2.05) is 36.4 Å². The van der Waals surface area contributed by atoms with Crippen LogP contribution >= 0.6 is 0 Å². The lowest BCUT2D eigenvalue weighted by molar-refractivity contribution is 0.402. The van der Waals surface area contributed by atoms with Gasteiger partial charge >= 0.3 is 0 Å². The number of allylic oxidation sites excluding steroid dienone is 1. The van der Waals surface area contributed by atoms with Gasteiger partial charge in [0.25, 0.3) is 0 Å². The highest BCUT2D eigenvalue weighted by molar-refractivity contribution is 5.80. The summed E-state index contributed by atoms with van der Waals surface area (Å²) in [4.78, 5) is 0. The van der Waals surface area contributed by atoms with E-state index < -0.39 is 0 Å². The van der Waals surface area contributed by atoms with Gasteiger partial charge in [0, 0.05) is 5.56 Å². The zero-order chi connectivity index (χ0) is 17.2. The number of hydrogen-bond donors (Lipinski definition) is 1. The first-order valence-electron chi connectivity index (χ1n) is 7.84. The molecule has 0 saturated heterocycles. The number of methoxy groups -OCH3 is 2. The molecule has 7 nitrogen and oxygen atoms in total. The van der Waals surface area contributed by atoms with Crippen molar-refractivity contribution in [2.45, 2.75) is 6.04 Å². The summed E-state index contributed by atoms with van der Waals surface area (Å²) in [6, 6.07) is 15.7. The van der Waals surface area contributed by atoms with Crippen LogP contribution in [0.2, 0.25) is 0 Å². The fourth-order valence-electron chi connectivity index (χ4n) is 2.92. The van der Waals surface area contributed by atoms with Crippen molar-refractivity contribution in [3.63, 3.8) is 0 Å². The Hall–Kier alpha value is -3.35. The topological polar surface area (TPSA) is 74.1 Å². The van der Waals surface area contributed by atoms with Gasteiger partial charge in [-0.05, 0) is 40.3 Å². The number of aromatic nitrogens is 4. The van der Waals surface area contributed by atoms with Crippen LogP contribution in [0.15, 0.2) is 54.6 Å². The molecule has 3 aromatic rings. The monoisotopic (exact) mass is 335 g/mol. The van der Waals surface area contributed by atoms with E-state index in [1.165, 1.54) is 0 Å². The third-order valence-corrected chi connectivity index (χ3v) is 4.17. The Kier molecular flexibility index (Phi) is 3.81. The zero-order valence-corrected chi connectivity index (χ0v) is 13.9. The van der Waals surface area contributed by atoms with Crippen LogP contribution in [0.4, 0.5) is 5.95 Å². The minimum Gasteiger partial charge on any atom is -0.497 e. The summed E-state index contributed by atoms with van der Waals surface area (Å²) in [7, 11) is 3.29. The number of nitrogens with zero attached hydrogens (tertiary/aromatic N) is 4. The molecule has 1 N–H and O–H groups in total. The standard InChI is InChI=1S/C18H17N5O2/c1-24-13-8-9-17(25-2)14(10-13)15-11-16(12-6-4-3-5-7-12)23-18(19-15)20-21-22-23/h3-11,16H,1-2H3,(H,19,20,22). The number of anilines is 1. The van der Waals surface area contributed by atoms with E-state index in [-0.39, 0.29) is 6.04 Å². The van der Waals surface area contributed by atoms with Gasteiger partial charge in [0.05, 0.1) is 19.9 Å². The maximum absolute atomic E-state index is 5.51. The number of rotatable bonds is 4. The Balaban J connectivity index is 1.84. The normalized spacial score (nSPS) is 15.8. The van der Waals surface area contributed by atoms with Crippen LogP contribution in [-0.2, 0) is 0 Å². The minimum atomic E-state index is -0.113. The van der Waals surface area contributed by atoms with Crippen molar-refractivity contribution in [2.24, 2.45) is 0 Å². The average Bonchev–Trinajstić information content (AvgIpc) is 3.16. The van der Waals surface area contributed by atoms with E-state index in [9.17, 15) is 0 Å². The number of tetrazole rings is 1. The molecule has 0 amide bonds. The van der Waals surface area contributed by atoms with Crippen molar-refractivity contribution in [2.75, 3.05) is 19.5 Å². The molecule has 1 unspecified atom stereocenters. The Bertz CT molecular complexity index is 920. The molecule has 0 radical (unpaired) electrons. The molecule has 2 aromatic carbocycles. The Morgan fingerprint density at radius 3 is 2.64 bits per heavy atom. The summed E-state index contributed by atoms with van der Waals surface area (Å²) in [6.45, 7) is 0. The Morgan fingerprint density at radius 1 is 1.04 bits per heavy atom. The van der Waals surface area contributed by atoms with Gasteiger partial charge < -0.3 is 14.8 Å². The number of ether oxygens (including phenoxy) is 2. The van der Waals surface area contributed by atoms with Gasteiger partial charge in [-0.15, -0.1) is 0 Å². The molecule has 25 heavy (non-hydrogen) atoms. The predicted octanol–water partition coefficient (Wildman–Crippen LogP) is 2.75. The number of hydrogen-bond acceptors (Lipinski definition) is 6. The van der Waals surface area contributed by atoms with Crippen molar-refractivity contribution in [3.8, 4) is 11.5 Å². The first kappa shape index (κ1) is 15.2. The van der Waals surface area contributed by atoms with Crippen LogP contribution in [0.5, 0.6) is 11.5 Å². The molecular formula is C18H17N5O2. The average molecular weight is 335 g/mol. The van der Waals surface area contributed by atoms with Gasteiger partial charge in [-0.1, -0.05) is 35.4 Å². The van der Waals surface area contributed by atoms with E-state index in [2.05, 4.69) is 39.1 Å². The highest BCUT2D eigenvalue weighted by Gasteiger charge is 2.25. The zero-order valence-electron chi connectivity index (χ0n) is 13.9. The van der Waals surface area contributed by atoms with Crippen molar-refractivity contribution in [3.05, 3.63) is 65.7 Å². The molecule has 7 heteroatoms. The van der Waals surface area contributed by atoms with E-state index >= 15 is 0 Å². The summed E-state index contributed by atoms with van der Waals surface area (Å²) in [5, 5.41) is 15.3. The molecule has 0 bridgehead atoms. The lowest BCUT2D eigenvalue weighted by Crippen LogP contribution is -2.20. The number of fused-ring (bicyclic) bond motifs is 1. The third kappa shape index (κ3) is 2.69. The summed E-state index contributed by atoms with van der Waals surface area (Å²) in [5.74, 6) is 2.07. The lowest BCUT2D eigenvalue weighted by Gasteiger charge is -2.24. The van der Waals surface area contributed by atoms with E-state index in [4.69, 9.17) is 9.47 Å². The van der Waals surface area contributed by atoms with Crippen LogP contribution in [0, 0.1) is 0 Å². The fourth-order valence-corrected chi connectivity index (χ4v) is 2.92. The van der Waals surface area contributed by atoms with Crippen LogP contribution in [0.25, 0.3) is 5.70 Å². The second-order valence-corrected chi connectivity index (χ2v) is 5.57. The van der Waals surface area contributed by atoms with Gasteiger partial charge in [-0.2, -0.15) is 4.68 Å². The van der Waals surface area contributed by atoms with Gasteiger partial charge in [-0.3, -0.25) is 0 Å². The van der Waals surface area contributed by atoms with Crippen LogP contribution in [0.1, 0.15) is 17.2 Å². The lowest BCUT2D eigenvalue weighted by atomic mass is 10.0. The highest BCUT2D eigenvalue weighted by atomic mass is 16.5. The molecule has 0 aliphatic carbocycles. The summed E-state index contributed by atoms with van der Waals surface area (Å²) in [6.07, 6.45) is 2.08. The summed E-state index contributed by atoms with van der Waals surface area (Å²) < 4.78 is 12.6. The molecule has 1 aliphatic heterocycles. The predicted molar refractivity (Wildman–Crippen MR) is 93.5 cm³/mol. The molecule has 126 valence electrons. The van der Waals surface area contributed by atoms with E-state index in [0.29, 0.717) is 5.95 Å². The van der Waals surface area contributed by atoms with Gasteiger partial charge in [0.2, 0.25) is 5.95 Å². The van der Waals surface area contributed by atoms with Gasteiger partial charge in [0.1, 0.15) is 17.5 Å². The first-order chi connectivity index (χ1) is 12.3. The summed E-state index contributed by atoms with van der Waals surface area (Å²) >= 11 is 0. The SMILES string of the molecule is COc1ccc(OC)c(C2=CC(c3ccccc3)n3nnnc3N2)c1. The molecule has 1 aliphatic rings. The molecule has 1 atom stereocenters. The van der Waals surface area contributed by atoms with Crippen molar-refractivity contribution in [1.29, 1.82) is 0 Å². The highest BCUT2D eigenvalue weighted by Crippen LogP contribution is 2.36. The smallest absolute Gasteiger partial charge is 0.248 e. The minimum absolute atomic E-state index is 0.113. The quantitative estimate of drug-likeness (QED) is 0.790. The van der Waals surface area contributed by atoms with Gasteiger partial charge in [-0.25, -0.2) is 0 Å². The molecule has 4 rings (SSSR count). The maximum atomic E-state index is 5.51. The summed E-state index contributed by atoms with van der Waals surface area (Å²) in [5.41, 5.74) is 2.85. The molecule has 0 spiro atoms. The van der Waals surface area contributed by atoms with Gasteiger partial charge in [0.15, 0.2) is 0 Å². The Labute approximate surface area is 144 Å². The Morgan fingerprint density at radius 2 is 1.88 bits per heavy atom. The third-order valence-electron chi connectivity index (χ3n) is 4.17. The van der Waals surface area contributed by atoms with Crippen molar-refractivity contribution < 1.29 is 9.47 Å². The van der Waals surface area contributed by atoms with E-state index in [1.54, 1.807) is 18.9 Å². The van der Waals surface area contributed by atoms with E-state index in [0.717, 1.165) is 28.3 Å². The first-order valence-corrected chi connectivity index (χ1v) is 7.84. The number of benzene rings is 2. The van der Waals surface area contributed by atoms with Crippen LogP contribution < -0.4 is 14.8 Å². The van der Waals surface area contributed by atoms with Crippen LogP contribution in [-0.4, -0.2) is 34.4 Å².